The number of hydrogen-bond donors (Lipinski definition) is 2. The summed E-state index contributed by atoms with van der Waals surface area (Å²) in [5.74, 6) is 0. The zero-order chi connectivity index (χ0) is 7.28. The molecule has 3 heteroatoms. The third-order valence-corrected chi connectivity index (χ3v) is 1.30. The van der Waals surface area contributed by atoms with E-state index in [-0.39, 0.29) is 6.04 Å². The number of nitrogens with two attached hydrogens (primary N) is 1. The molecule has 3 nitrogen and oxygen atoms in total. The second kappa shape index (κ2) is 4.73. The van der Waals surface area contributed by atoms with Crippen LogP contribution in [0.15, 0.2) is 0 Å². The molecule has 1 unspecified atom stereocenters. The Kier molecular flexibility index (Phi) is 4.67. The van der Waals surface area contributed by atoms with Gasteiger partial charge in [-0.05, 0) is 13.3 Å². The summed E-state index contributed by atoms with van der Waals surface area (Å²) in [4.78, 5) is 0. The highest BCUT2D eigenvalue weighted by Gasteiger charge is 2.05. The summed E-state index contributed by atoms with van der Waals surface area (Å²) in [5, 5.41) is 10.3. The van der Waals surface area contributed by atoms with Crippen molar-refractivity contribution in [2.45, 2.75) is 26.3 Å². The molecule has 0 aliphatic heterocycles. The lowest BCUT2D eigenvalue weighted by molar-refractivity contribution is -0.118. The summed E-state index contributed by atoms with van der Waals surface area (Å²) in [6.45, 7) is 5.14. The first-order chi connectivity index (χ1) is 4.22. The Balaban J connectivity index is 3.32. The van der Waals surface area contributed by atoms with Gasteiger partial charge in [-0.15, -0.1) is 0 Å². The van der Waals surface area contributed by atoms with Crippen molar-refractivity contribution in [2.75, 3.05) is 13.1 Å². The fourth-order valence-corrected chi connectivity index (χ4v) is 0.571. The SMILES string of the molecule is CCCN(O)C(C)CN. The van der Waals surface area contributed by atoms with Gasteiger partial charge in [-0.25, -0.2) is 0 Å². The fraction of sp³-hybridized carbons (Fsp3) is 1.00. The van der Waals surface area contributed by atoms with Gasteiger partial charge in [0.1, 0.15) is 0 Å². The largest absolute Gasteiger partial charge is 0.329 e. The van der Waals surface area contributed by atoms with Crippen molar-refractivity contribution >= 4 is 0 Å². The normalized spacial score (nSPS) is 14.3. The quantitative estimate of drug-likeness (QED) is 0.545. The van der Waals surface area contributed by atoms with Crippen LogP contribution in [0.1, 0.15) is 20.3 Å². The summed E-state index contributed by atoms with van der Waals surface area (Å²) in [5.41, 5.74) is 5.30. The molecule has 0 rings (SSSR count). The molecule has 0 fully saturated rings. The first-order valence-electron chi connectivity index (χ1n) is 3.38. The molecule has 0 heterocycles. The van der Waals surface area contributed by atoms with Gasteiger partial charge in [-0.2, -0.15) is 5.06 Å². The predicted octanol–water partition coefficient (Wildman–Crippen LogP) is 0.435. The highest BCUT2D eigenvalue weighted by atomic mass is 16.5. The van der Waals surface area contributed by atoms with Crippen LogP contribution in [0.25, 0.3) is 0 Å². The average Bonchev–Trinajstić information content (AvgIpc) is 1.87. The van der Waals surface area contributed by atoms with Crippen molar-refractivity contribution in [2.24, 2.45) is 5.73 Å². The van der Waals surface area contributed by atoms with Gasteiger partial charge in [-0.3, -0.25) is 0 Å². The van der Waals surface area contributed by atoms with Crippen LogP contribution in [-0.2, 0) is 0 Å². The molecular formula is C6H16N2O. The lowest BCUT2D eigenvalue weighted by atomic mass is 10.3. The van der Waals surface area contributed by atoms with Crippen molar-refractivity contribution in [3.63, 3.8) is 0 Å². The first-order valence-corrected chi connectivity index (χ1v) is 3.38. The van der Waals surface area contributed by atoms with Gasteiger partial charge in [0.05, 0.1) is 0 Å². The molecule has 0 spiro atoms. The van der Waals surface area contributed by atoms with Crippen LogP contribution in [0.4, 0.5) is 0 Å². The molecule has 3 N–H and O–H groups in total. The van der Waals surface area contributed by atoms with E-state index >= 15 is 0 Å². The van der Waals surface area contributed by atoms with Crippen LogP contribution in [0.2, 0.25) is 0 Å². The summed E-state index contributed by atoms with van der Waals surface area (Å²) in [6, 6.07) is 0.0879. The monoisotopic (exact) mass is 132 g/mol. The first kappa shape index (κ1) is 8.88. The molecule has 1 atom stereocenters. The standard InChI is InChI=1S/C6H16N2O/c1-3-4-8(9)6(2)5-7/h6,9H,3-5,7H2,1-2H3. The molecular weight excluding hydrogens is 116 g/mol. The summed E-state index contributed by atoms with van der Waals surface area (Å²) >= 11 is 0. The summed E-state index contributed by atoms with van der Waals surface area (Å²) < 4.78 is 0. The van der Waals surface area contributed by atoms with Gasteiger partial charge >= 0.3 is 0 Å². The molecule has 0 saturated carbocycles. The fourth-order valence-electron chi connectivity index (χ4n) is 0.571. The Morgan fingerprint density at radius 1 is 1.67 bits per heavy atom. The lowest BCUT2D eigenvalue weighted by Gasteiger charge is -2.19. The minimum Gasteiger partial charge on any atom is -0.329 e. The number of rotatable bonds is 4. The third kappa shape index (κ3) is 3.46. The van der Waals surface area contributed by atoms with Crippen LogP contribution < -0.4 is 5.73 Å². The smallest absolute Gasteiger partial charge is 0.0444 e. The molecule has 0 aliphatic rings. The Morgan fingerprint density at radius 3 is 2.56 bits per heavy atom. The number of hydroxylamine groups is 2. The lowest BCUT2D eigenvalue weighted by Crippen LogP contribution is -2.36. The average molecular weight is 132 g/mol. The Bertz CT molecular complexity index is 68.1. The van der Waals surface area contributed by atoms with Crippen molar-refractivity contribution in [3.05, 3.63) is 0 Å². The molecule has 56 valence electrons. The van der Waals surface area contributed by atoms with E-state index in [1.807, 2.05) is 13.8 Å². The van der Waals surface area contributed by atoms with E-state index in [2.05, 4.69) is 0 Å². The Labute approximate surface area is 56.4 Å². The second-order valence-corrected chi connectivity index (χ2v) is 2.25. The highest BCUT2D eigenvalue weighted by Crippen LogP contribution is 1.92. The number of nitrogens with zero attached hydrogens (tertiary/aromatic N) is 1. The van der Waals surface area contributed by atoms with Crippen LogP contribution in [0.3, 0.4) is 0 Å². The predicted molar refractivity (Wildman–Crippen MR) is 37.3 cm³/mol. The van der Waals surface area contributed by atoms with E-state index < -0.39 is 0 Å². The van der Waals surface area contributed by atoms with Gasteiger partial charge in [0, 0.05) is 19.1 Å². The zero-order valence-electron chi connectivity index (χ0n) is 6.17. The van der Waals surface area contributed by atoms with Crippen molar-refractivity contribution < 1.29 is 5.21 Å². The highest BCUT2D eigenvalue weighted by molar-refractivity contribution is 4.57. The van der Waals surface area contributed by atoms with E-state index in [9.17, 15) is 0 Å². The van der Waals surface area contributed by atoms with E-state index in [1.54, 1.807) is 0 Å². The molecule has 0 amide bonds. The maximum Gasteiger partial charge on any atom is 0.0444 e. The van der Waals surface area contributed by atoms with E-state index in [1.165, 1.54) is 5.06 Å². The number of hydrogen-bond acceptors (Lipinski definition) is 3. The van der Waals surface area contributed by atoms with E-state index in [4.69, 9.17) is 10.9 Å². The van der Waals surface area contributed by atoms with Gasteiger partial charge in [0.2, 0.25) is 0 Å². The van der Waals surface area contributed by atoms with Crippen LogP contribution >= 0.6 is 0 Å². The second-order valence-electron chi connectivity index (χ2n) is 2.25. The molecule has 0 bridgehead atoms. The van der Waals surface area contributed by atoms with Gasteiger partial charge in [-0.1, -0.05) is 6.92 Å². The van der Waals surface area contributed by atoms with Crippen molar-refractivity contribution in [1.82, 2.24) is 5.06 Å². The molecule has 0 aromatic rings. The van der Waals surface area contributed by atoms with Crippen LogP contribution in [0.5, 0.6) is 0 Å². The molecule has 9 heavy (non-hydrogen) atoms. The minimum absolute atomic E-state index is 0.0879. The van der Waals surface area contributed by atoms with E-state index in [0.717, 1.165) is 6.42 Å². The van der Waals surface area contributed by atoms with Gasteiger partial charge < -0.3 is 10.9 Å². The molecule has 0 aliphatic carbocycles. The third-order valence-electron chi connectivity index (χ3n) is 1.30. The van der Waals surface area contributed by atoms with Crippen LogP contribution in [0, 0.1) is 0 Å². The molecule has 0 aromatic carbocycles. The summed E-state index contributed by atoms with van der Waals surface area (Å²) in [7, 11) is 0. The maximum atomic E-state index is 9.07. The topological polar surface area (TPSA) is 49.5 Å². The van der Waals surface area contributed by atoms with Crippen molar-refractivity contribution in [3.8, 4) is 0 Å². The molecule has 0 saturated heterocycles. The Hall–Kier alpha value is -0.120. The summed E-state index contributed by atoms with van der Waals surface area (Å²) in [6.07, 6.45) is 0.959. The van der Waals surface area contributed by atoms with Crippen molar-refractivity contribution in [1.29, 1.82) is 0 Å². The molecule has 0 radical (unpaired) electrons. The zero-order valence-corrected chi connectivity index (χ0v) is 6.17. The maximum absolute atomic E-state index is 9.07. The van der Waals surface area contributed by atoms with Crippen LogP contribution in [-0.4, -0.2) is 29.4 Å². The Morgan fingerprint density at radius 2 is 2.22 bits per heavy atom. The van der Waals surface area contributed by atoms with E-state index in [0.29, 0.717) is 13.1 Å². The molecule has 0 aromatic heterocycles. The minimum atomic E-state index is 0.0879. The van der Waals surface area contributed by atoms with Gasteiger partial charge in [0.25, 0.3) is 0 Å². The van der Waals surface area contributed by atoms with Gasteiger partial charge in [0.15, 0.2) is 0 Å².